The summed E-state index contributed by atoms with van der Waals surface area (Å²) < 4.78 is 8.16. The lowest BCUT2D eigenvalue weighted by Crippen LogP contribution is -2.11. The first kappa shape index (κ1) is 20.6. The molecule has 0 aliphatic heterocycles. The normalized spacial score (nSPS) is 12.1. The van der Waals surface area contributed by atoms with Crippen molar-refractivity contribution in [2.75, 3.05) is 0 Å². The Balaban J connectivity index is 1.45. The van der Waals surface area contributed by atoms with Crippen molar-refractivity contribution in [3.63, 3.8) is 0 Å². The predicted molar refractivity (Wildman–Crippen MR) is 123 cm³/mol. The van der Waals surface area contributed by atoms with Gasteiger partial charge in [0.05, 0.1) is 5.69 Å². The minimum Gasteiger partial charge on any atom is -0.483 e. The highest BCUT2D eigenvalue weighted by molar-refractivity contribution is 7.98. The molecule has 0 bridgehead atoms. The number of thiazole rings is 1. The van der Waals surface area contributed by atoms with E-state index in [1.54, 1.807) is 23.1 Å². The van der Waals surface area contributed by atoms with Crippen LogP contribution in [0.3, 0.4) is 0 Å². The lowest BCUT2D eigenvalue weighted by Gasteiger charge is -2.15. The van der Waals surface area contributed by atoms with Gasteiger partial charge in [0, 0.05) is 23.2 Å². The van der Waals surface area contributed by atoms with Crippen LogP contribution in [0.2, 0.25) is 0 Å². The maximum absolute atomic E-state index is 6.04. The van der Waals surface area contributed by atoms with E-state index in [0.29, 0.717) is 0 Å². The van der Waals surface area contributed by atoms with Gasteiger partial charge in [-0.1, -0.05) is 54.2 Å². The molecule has 2 heterocycles. The third-order valence-electron chi connectivity index (χ3n) is 4.76. The second-order valence-corrected chi connectivity index (χ2v) is 8.71. The quantitative estimate of drug-likeness (QED) is 0.310. The Morgan fingerprint density at radius 1 is 1.07 bits per heavy atom. The van der Waals surface area contributed by atoms with E-state index in [1.807, 2.05) is 37.3 Å². The van der Waals surface area contributed by atoms with Gasteiger partial charge in [0.2, 0.25) is 0 Å². The molecule has 4 aromatic rings. The number of para-hydroxylation sites is 1. The minimum atomic E-state index is -0.180. The molecule has 0 aliphatic rings. The molecule has 2 aromatic carbocycles. The summed E-state index contributed by atoms with van der Waals surface area (Å²) in [5, 5.41) is 12.9. The second kappa shape index (κ2) is 9.45. The first-order chi connectivity index (χ1) is 14.7. The van der Waals surface area contributed by atoms with Crippen LogP contribution in [0.15, 0.2) is 65.1 Å². The van der Waals surface area contributed by atoms with Gasteiger partial charge in [-0.25, -0.2) is 4.98 Å². The van der Waals surface area contributed by atoms with Gasteiger partial charge in [-0.3, -0.25) is 0 Å². The minimum absolute atomic E-state index is 0.180. The smallest absolute Gasteiger partial charge is 0.191 e. The fourth-order valence-corrected chi connectivity index (χ4v) is 5.13. The predicted octanol–water partition coefficient (Wildman–Crippen LogP) is 6.16. The van der Waals surface area contributed by atoms with Gasteiger partial charge in [0.15, 0.2) is 17.1 Å². The van der Waals surface area contributed by atoms with Crippen LogP contribution in [0.25, 0.3) is 10.6 Å². The average molecular weight is 437 g/mol. The number of hydrogen-bond acceptors (Lipinski definition) is 6. The Bertz CT molecular complexity index is 1110. The van der Waals surface area contributed by atoms with Crippen LogP contribution >= 0.6 is 23.1 Å². The number of rotatable bonds is 8. The van der Waals surface area contributed by atoms with Crippen molar-refractivity contribution >= 4 is 23.1 Å². The summed E-state index contributed by atoms with van der Waals surface area (Å²) >= 11 is 3.35. The first-order valence-corrected chi connectivity index (χ1v) is 11.8. The molecule has 2 aromatic heterocycles. The largest absolute Gasteiger partial charge is 0.483 e. The van der Waals surface area contributed by atoms with E-state index in [9.17, 15) is 0 Å². The molecule has 0 amide bonds. The SMILES string of the molecule is CCn1c(SCc2csc(-c3ccccc3C)n2)nnc1C(C)Oc1ccccc1. The molecule has 0 radical (unpaired) electrons. The lowest BCUT2D eigenvalue weighted by atomic mass is 10.1. The van der Waals surface area contributed by atoms with Crippen molar-refractivity contribution in [2.45, 2.75) is 44.3 Å². The van der Waals surface area contributed by atoms with E-state index in [4.69, 9.17) is 9.72 Å². The van der Waals surface area contributed by atoms with Gasteiger partial charge in [0.25, 0.3) is 0 Å². The number of benzene rings is 2. The highest BCUT2D eigenvalue weighted by atomic mass is 32.2. The number of ether oxygens (including phenoxy) is 1. The molecule has 4 rings (SSSR count). The monoisotopic (exact) mass is 436 g/mol. The Morgan fingerprint density at radius 2 is 1.83 bits per heavy atom. The molecule has 1 atom stereocenters. The van der Waals surface area contributed by atoms with Gasteiger partial charge < -0.3 is 9.30 Å². The van der Waals surface area contributed by atoms with E-state index in [0.717, 1.165) is 39.7 Å². The zero-order valence-corrected chi connectivity index (χ0v) is 18.9. The molecule has 1 unspecified atom stereocenters. The molecular formula is C23H24N4OS2. The molecule has 0 aliphatic carbocycles. The van der Waals surface area contributed by atoms with E-state index in [-0.39, 0.29) is 6.10 Å². The Morgan fingerprint density at radius 3 is 2.60 bits per heavy atom. The van der Waals surface area contributed by atoms with Crippen molar-refractivity contribution in [3.8, 4) is 16.3 Å². The summed E-state index contributed by atoms with van der Waals surface area (Å²) in [6.45, 7) is 7.02. The van der Waals surface area contributed by atoms with Crippen molar-refractivity contribution < 1.29 is 4.74 Å². The summed E-state index contributed by atoms with van der Waals surface area (Å²) in [7, 11) is 0. The van der Waals surface area contributed by atoms with Crippen LogP contribution in [0.1, 0.15) is 37.0 Å². The van der Waals surface area contributed by atoms with Crippen molar-refractivity contribution in [1.82, 2.24) is 19.7 Å². The van der Waals surface area contributed by atoms with Gasteiger partial charge in [-0.05, 0) is 38.5 Å². The molecule has 0 spiro atoms. The molecule has 5 nitrogen and oxygen atoms in total. The van der Waals surface area contributed by atoms with E-state index in [1.165, 1.54) is 11.1 Å². The van der Waals surface area contributed by atoms with Gasteiger partial charge >= 0.3 is 0 Å². The summed E-state index contributed by atoms with van der Waals surface area (Å²) in [5.74, 6) is 2.42. The summed E-state index contributed by atoms with van der Waals surface area (Å²) in [6, 6.07) is 18.2. The van der Waals surface area contributed by atoms with E-state index >= 15 is 0 Å². The average Bonchev–Trinajstić information content (AvgIpc) is 3.40. The molecule has 0 fully saturated rings. The molecule has 30 heavy (non-hydrogen) atoms. The topological polar surface area (TPSA) is 52.8 Å². The van der Waals surface area contributed by atoms with Crippen molar-refractivity contribution in [2.24, 2.45) is 0 Å². The van der Waals surface area contributed by atoms with Gasteiger partial charge in [0.1, 0.15) is 10.8 Å². The van der Waals surface area contributed by atoms with Crippen LogP contribution in [0.5, 0.6) is 5.75 Å². The maximum atomic E-state index is 6.04. The number of thioether (sulfide) groups is 1. The third-order valence-corrected chi connectivity index (χ3v) is 6.68. The zero-order valence-electron chi connectivity index (χ0n) is 17.3. The maximum Gasteiger partial charge on any atom is 0.191 e. The summed E-state index contributed by atoms with van der Waals surface area (Å²) in [5.41, 5.74) is 3.50. The van der Waals surface area contributed by atoms with Crippen LogP contribution in [-0.4, -0.2) is 19.7 Å². The van der Waals surface area contributed by atoms with Gasteiger partial charge in [-0.2, -0.15) is 0 Å². The molecule has 0 N–H and O–H groups in total. The molecule has 154 valence electrons. The van der Waals surface area contributed by atoms with Gasteiger partial charge in [-0.15, -0.1) is 21.5 Å². The summed E-state index contributed by atoms with van der Waals surface area (Å²) in [6.07, 6.45) is -0.180. The molecule has 7 heteroatoms. The zero-order chi connectivity index (χ0) is 20.9. The van der Waals surface area contributed by atoms with Crippen LogP contribution in [0.4, 0.5) is 0 Å². The summed E-state index contributed by atoms with van der Waals surface area (Å²) in [4.78, 5) is 4.83. The van der Waals surface area contributed by atoms with E-state index < -0.39 is 0 Å². The fourth-order valence-electron chi connectivity index (χ4n) is 3.21. The number of hydrogen-bond donors (Lipinski definition) is 0. The molecule has 0 saturated heterocycles. The standard InChI is InChI=1S/C23H24N4OS2/c1-4-27-21(17(3)28-19-11-6-5-7-12-19)25-26-23(27)30-15-18-14-29-22(24-18)20-13-9-8-10-16(20)2/h5-14,17H,4,15H2,1-3H3. The Labute approximate surface area is 185 Å². The second-order valence-electron chi connectivity index (χ2n) is 6.91. The van der Waals surface area contributed by atoms with Crippen LogP contribution < -0.4 is 4.74 Å². The van der Waals surface area contributed by atoms with Crippen molar-refractivity contribution in [3.05, 3.63) is 77.1 Å². The Kier molecular flexibility index (Phi) is 6.50. The number of aryl methyl sites for hydroxylation is 1. The Hall–Kier alpha value is -2.64. The fraction of sp³-hybridized carbons (Fsp3) is 0.261. The highest BCUT2D eigenvalue weighted by Gasteiger charge is 2.19. The molecule has 0 saturated carbocycles. The van der Waals surface area contributed by atoms with E-state index in [2.05, 4.69) is 58.3 Å². The third kappa shape index (κ3) is 4.57. The molecular weight excluding hydrogens is 412 g/mol. The lowest BCUT2D eigenvalue weighted by molar-refractivity contribution is 0.210. The van der Waals surface area contributed by atoms with Crippen molar-refractivity contribution in [1.29, 1.82) is 0 Å². The number of nitrogens with zero attached hydrogens (tertiary/aromatic N) is 4. The van der Waals surface area contributed by atoms with Crippen LogP contribution in [0, 0.1) is 6.92 Å². The highest BCUT2D eigenvalue weighted by Crippen LogP contribution is 2.30. The van der Waals surface area contributed by atoms with Crippen LogP contribution in [-0.2, 0) is 12.3 Å². The number of aromatic nitrogens is 4. The first-order valence-electron chi connectivity index (χ1n) is 9.93.